The molecule has 3 rings (SSSR count). The van der Waals surface area contributed by atoms with Gasteiger partial charge in [0.1, 0.15) is 12.4 Å². The SMILES string of the molecule is CN(Cc1ccc(N2CCCCC2)cc1)Cn1cc([N+](=O)[O-])cn1. The fourth-order valence-corrected chi connectivity index (χ4v) is 3.10. The van der Waals surface area contributed by atoms with Crippen molar-refractivity contribution in [3.63, 3.8) is 0 Å². The van der Waals surface area contributed by atoms with Crippen LogP contribution >= 0.6 is 0 Å². The Labute approximate surface area is 141 Å². The van der Waals surface area contributed by atoms with E-state index in [-0.39, 0.29) is 5.69 Å². The van der Waals surface area contributed by atoms with E-state index in [1.807, 2.05) is 7.05 Å². The fraction of sp³-hybridized carbons (Fsp3) is 0.471. The molecule has 0 spiro atoms. The summed E-state index contributed by atoms with van der Waals surface area (Å²) in [6.45, 7) is 3.59. The molecular weight excluding hydrogens is 306 g/mol. The lowest BCUT2D eigenvalue weighted by Crippen LogP contribution is -2.29. The molecule has 0 radical (unpaired) electrons. The molecule has 0 amide bonds. The van der Waals surface area contributed by atoms with E-state index in [0.717, 1.165) is 19.6 Å². The summed E-state index contributed by atoms with van der Waals surface area (Å²) in [5.74, 6) is 0. The molecule has 1 fully saturated rings. The molecule has 7 nitrogen and oxygen atoms in total. The van der Waals surface area contributed by atoms with E-state index in [9.17, 15) is 10.1 Å². The number of hydrogen-bond acceptors (Lipinski definition) is 5. The number of piperidine rings is 1. The molecule has 7 heteroatoms. The van der Waals surface area contributed by atoms with Crippen LogP contribution in [0.1, 0.15) is 24.8 Å². The Morgan fingerprint density at radius 2 is 1.92 bits per heavy atom. The van der Waals surface area contributed by atoms with Gasteiger partial charge in [-0.2, -0.15) is 5.10 Å². The number of benzene rings is 1. The zero-order chi connectivity index (χ0) is 16.9. The van der Waals surface area contributed by atoms with Gasteiger partial charge in [0.15, 0.2) is 0 Å². The van der Waals surface area contributed by atoms with E-state index in [4.69, 9.17) is 0 Å². The molecule has 128 valence electrons. The number of aromatic nitrogens is 2. The number of rotatable bonds is 6. The standard InChI is InChI=1S/C17H23N5O2/c1-19(14-21-13-17(11-18-21)22(23)24)12-15-5-7-16(8-6-15)20-9-3-2-4-10-20/h5-8,11,13H,2-4,9-10,12,14H2,1H3. The van der Waals surface area contributed by atoms with E-state index in [1.54, 1.807) is 4.68 Å². The summed E-state index contributed by atoms with van der Waals surface area (Å²) in [5, 5.41) is 14.7. The van der Waals surface area contributed by atoms with E-state index >= 15 is 0 Å². The van der Waals surface area contributed by atoms with Gasteiger partial charge in [0.05, 0.1) is 11.6 Å². The van der Waals surface area contributed by atoms with Crippen molar-refractivity contribution in [2.75, 3.05) is 25.0 Å². The van der Waals surface area contributed by atoms with Crippen LogP contribution in [0.15, 0.2) is 36.7 Å². The third-order valence-electron chi connectivity index (χ3n) is 4.33. The number of nitro groups is 1. The molecule has 0 N–H and O–H groups in total. The summed E-state index contributed by atoms with van der Waals surface area (Å²) >= 11 is 0. The Balaban J connectivity index is 1.55. The van der Waals surface area contributed by atoms with Crippen molar-refractivity contribution in [1.29, 1.82) is 0 Å². The molecule has 1 aliphatic rings. The minimum absolute atomic E-state index is 0.0225. The third kappa shape index (κ3) is 4.11. The van der Waals surface area contributed by atoms with Crippen LogP contribution in [0, 0.1) is 10.1 Å². The van der Waals surface area contributed by atoms with Gasteiger partial charge in [-0.3, -0.25) is 19.7 Å². The summed E-state index contributed by atoms with van der Waals surface area (Å²) in [4.78, 5) is 14.8. The lowest BCUT2D eigenvalue weighted by atomic mass is 10.1. The molecule has 0 saturated carbocycles. The smallest absolute Gasteiger partial charge is 0.307 e. The first kappa shape index (κ1) is 16.4. The van der Waals surface area contributed by atoms with Gasteiger partial charge in [-0.15, -0.1) is 0 Å². The van der Waals surface area contributed by atoms with Gasteiger partial charge < -0.3 is 4.90 Å². The van der Waals surface area contributed by atoms with Crippen molar-refractivity contribution in [2.24, 2.45) is 0 Å². The Kier molecular flexibility index (Phi) is 5.10. The minimum Gasteiger partial charge on any atom is -0.372 e. The topological polar surface area (TPSA) is 67.4 Å². The second-order valence-corrected chi connectivity index (χ2v) is 6.36. The Bertz CT molecular complexity index is 677. The highest BCUT2D eigenvalue weighted by Crippen LogP contribution is 2.20. The Morgan fingerprint density at radius 1 is 1.21 bits per heavy atom. The average molecular weight is 329 g/mol. The first-order valence-electron chi connectivity index (χ1n) is 8.31. The van der Waals surface area contributed by atoms with Crippen molar-refractivity contribution in [3.8, 4) is 0 Å². The summed E-state index contributed by atoms with van der Waals surface area (Å²) in [6, 6.07) is 8.69. The second kappa shape index (κ2) is 7.44. The van der Waals surface area contributed by atoms with Crippen LogP contribution in [0.4, 0.5) is 11.4 Å². The molecule has 24 heavy (non-hydrogen) atoms. The van der Waals surface area contributed by atoms with Crippen molar-refractivity contribution in [3.05, 3.63) is 52.3 Å². The van der Waals surface area contributed by atoms with E-state index in [1.165, 1.54) is 42.9 Å². The van der Waals surface area contributed by atoms with Gasteiger partial charge in [-0.05, 0) is 44.0 Å². The highest BCUT2D eigenvalue weighted by Gasteiger charge is 2.12. The normalized spacial score (nSPS) is 15.0. The van der Waals surface area contributed by atoms with Crippen LogP contribution < -0.4 is 4.90 Å². The van der Waals surface area contributed by atoms with E-state index in [2.05, 4.69) is 39.2 Å². The van der Waals surface area contributed by atoms with Crippen LogP contribution in [-0.2, 0) is 13.2 Å². The molecule has 0 atom stereocenters. The third-order valence-corrected chi connectivity index (χ3v) is 4.33. The number of hydrogen-bond donors (Lipinski definition) is 0. The van der Waals surface area contributed by atoms with Crippen LogP contribution in [0.3, 0.4) is 0 Å². The minimum atomic E-state index is -0.428. The van der Waals surface area contributed by atoms with Crippen molar-refractivity contribution < 1.29 is 4.92 Å². The molecule has 1 aliphatic heterocycles. The van der Waals surface area contributed by atoms with Gasteiger partial charge in [0.25, 0.3) is 0 Å². The molecular formula is C17H23N5O2. The predicted molar refractivity (Wildman–Crippen MR) is 92.9 cm³/mol. The fourth-order valence-electron chi connectivity index (χ4n) is 3.10. The molecule has 2 heterocycles. The van der Waals surface area contributed by atoms with E-state index < -0.39 is 4.92 Å². The summed E-state index contributed by atoms with van der Waals surface area (Å²) in [7, 11) is 1.98. The molecule has 1 aromatic carbocycles. The zero-order valence-corrected chi connectivity index (χ0v) is 14.0. The maximum Gasteiger partial charge on any atom is 0.307 e. The van der Waals surface area contributed by atoms with Gasteiger partial charge >= 0.3 is 5.69 Å². The first-order valence-corrected chi connectivity index (χ1v) is 8.31. The van der Waals surface area contributed by atoms with Gasteiger partial charge in [-0.25, -0.2) is 0 Å². The average Bonchev–Trinajstić information content (AvgIpc) is 3.05. The predicted octanol–water partition coefficient (Wildman–Crippen LogP) is 2.87. The summed E-state index contributed by atoms with van der Waals surface area (Å²) < 4.78 is 1.58. The molecule has 1 saturated heterocycles. The van der Waals surface area contributed by atoms with Crippen LogP contribution in [0.5, 0.6) is 0 Å². The monoisotopic (exact) mass is 329 g/mol. The quantitative estimate of drug-likeness (QED) is 0.602. The summed E-state index contributed by atoms with van der Waals surface area (Å²) in [5.41, 5.74) is 2.54. The van der Waals surface area contributed by atoms with Crippen LogP contribution in [-0.4, -0.2) is 39.7 Å². The first-order chi connectivity index (χ1) is 11.6. The van der Waals surface area contributed by atoms with Crippen LogP contribution in [0.2, 0.25) is 0 Å². The summed E-state index contributed by atoms with van der Waals surface area (Å²) in [6.07, 6.45) is 6.63. The molecule has 2 aromatic rings. The maximum absolute atomic E-state index is 10.7. The van der Waals surface area contributed by atoms with Crippen molar-refractivity contribution >= 4 is 11.4 Å². The largest absolute Gasteiger partial charge is 0.372 e. The van der Waals surface area contributed by atoms with Crippen molar-refractivity contribution in [2.45, 2.75) is 32.5 Å². The van der Waals surface area contributed by atoms with Gasteiger partial charge in [0.2, 0.25) is 0 Å². The number of anilines is 1. The lowest BCUT2D eigenvalue weighted by molar-refractivity contribution is -0.385. The maximum atomic E-state index is 10.7. The van der Waals surface area contributed by atoms with Gasteiger partial charge in [0, 0.05) is 25.3 Å². The van der Waals surface area contributed by atoms with Crippen molar-refractivity contribution in [1.82, 2.24) is 14.7 Å². The Hall–Kier alpha value is -2.41. The molecule has 0 aliphatic carbocycles. The zero-order valence-electron chi connectivity index (χ0n) is 14.0. The van der Waals surface area contributed by atoms with E-state index in [0.29, 0.717) is 6.67 Å². The Morgan fingerprint density at radius 3 is 2.54 bits per heavy atom. The second-order valence-electron chi connectivity index (χ2n) is 6.36. The molecule has 1 aromatic heterocycles. The van der Waals surface area contributed by atoms with Gasteiger partial charge in [-0.1, -0.05) is 12.1 Å². The highest BCUT2D eigenvalue weighted by molar-refractivity contribution is 5.47. The highest BCUT2D eigenvalue weighted by atomic mass is 16.6. The lowest BCUT2D eigenvalue weighted by Gasteiger charge is -2.29. The molecule has 0 unspecified atom stereocenters. The number of nitrogens with zero attached hydrogens (tertiary/aromatic N) is 5. The molecule has 0 bridgehead atoms. The van der Waals surface area contributed by atoms with Crippen LogP contribution in [0.25, 0.3) is 0 Å².